The maximum absolute atomic E-state index is 9.22. The van der Waals surface area contributed by atoms with Gasteiger partial charge >= 0.3 is 0 Å². The molecule has 0 fully saturated rings. The monoisotopic (exact) mass is 253 g/mol. The van der Waals surface area contributed by atoms with Gasteiger partial charge in [-0.15, -0.1) is 0 Å². The molecule has 2 aromatic heterocycles. The zero-order chi connectivity index (χ0) is 13.4. The minimum absolute atomic E-state index is 0.139. The van der Waals surface area contributed by atoms with Crippen molar-refractivity contribution in [3.05, 3.63) is 48.0 Å². The Balaban J connectivity index is 2.27. The van der Waals surface area contributed by atoms with Crippen molar-refractivity contribution in [2.24, 2.45) is 7.05 Å². The summed E-state index contributed by atoms with van der Waals surface area (Å²) in [6.45, 7) is 1.77. The molecule has 1 N–H and O–H groups in total. The molecule has 4 heteroatoms. The lowest BCUT2D eigenvalue weighted by Gasteiger charge is -2.03. The fourth-order valence-corrected chi connectivity index (χ4v) is 2.38. The third-order valence-electron chi connectivity index (χ3n) is 3.21. The first-order chi connectivity index (χ1) is 9.19. The molecular weight excluding hydrogens is 238 g/mol. The summed E-state index contributed by atoms with van der Waals surface area (Å²) in [6, 6.07) is 10.2. The number of aromatic nitrogens is 3. The maximum atomic E-state index is 9.22. The Morgan fingerprint density at radius 2 is 2.00 bits per heavy atom. The molecule has 0 bridgehead atoms. The van der Waals surface area contributed by atoms with Gasteiger partial charge in [0.25, 0.3) is 0 Å². The lowest BCUT2D eigenvalue weighted by atomic mass is 10.1. The van der Waals surface area contributed by atoms with Crippen LogP contribution in [0.3, 0.4) is 0 Å². The van der Waals surface area contributed by atoms with Crippen molar-refractivity contribution in [3.63, 3.8) is 0 Å². The van der Waals surface area contributed by atoms with Gasteiger partial charge in [-0.3, -0.25) is 0 Å². The van der Waals surface area contributed by atoms with Gasteiger partial charge in [-0.05, 0) is 19.1 Å². The van der Waals surface area contributed by atoms with Crippen LogP contribution in [0.5, 0.6) is 0 Å². The van der Waals surface area contributed by atoms with E-state index in [1.165, 1.54) is 5.52 Å². The fourth-order valence-electron chi connectivity index (χ4n) is 2.38. The molecule has 19 heavy (non-hydrogen) atoms. The van der Waals surface area contributed by atoms with Crippen LogP contribution in [0, 0.1) is 6.92 Å². The molecule has 0 saturated heterocycles. The predicted molar refractivity (Wildman–Crippen MR) is 74.6 cm³/mol. The lowest BCUT2D eigenvalue weighted by molar-refractivity contribution is 0.271. The summed E-state index contributed by atoms with van der Waals surface area (Å²) in [7, 11) is 2.02. The highest BCUT2D eigenvalue weighted by Gasteiger charge is 2.11. The Bertz CT molecular complexity index is 746. The highest BCUT2D eigenvalue weighted by atomic mass is 16.3. The molecule has 3 aromatic rings. The zero-order valence-electron chi connectivity index (χ0n) is 11.0. The molecule has 0 unspecified atom stereocenters. The first-order valence-electron chi connectivity index (χ1n) is 6.19. The zero-order valence-corrected chi connectivity index (χ0v) is 11.0. The van der Waals surface area contributed by atoms with Gasteiger partial charge in [-0.1, -0.05) is 18.2 Å². The van der Waals surface area contributed by atoms with Crippen molar-refractivity contribution >= 4 is 10.9 Å². The third-order valence-corrected chi connectivity index (χ3v) is 3.21. The van der Waals surface area contributed by atoms with Crippen molar-refractivity contribution in [1.29, 1.82) is 0 Å². The predicted octanol–water partition coefficient (Wildman–Crippen LogP) is 2.44. The van der Waals surface area contributed by atoms with Gasteiger partial charge < -0.3 is 9.67 Å². The van der Waals surface area contributed by atoms with Crippen LogP contribution in [-0.2, 0) is 13.7 Å². The topological polar surface area (TPSA) is 50.9 Å². The van der Waals surface area contributed by atoms with Crippen LogP contribution in [0.2, 0.25) is 0 Å². The molecule has 0 aliphatic carbocycles. The molecular formula is C15H15N3O. The van der Waals surface area contributed by atoms with Crippen LogP contribution in [0.4, 0.5) is 0 Å². The van der Waals surface area contributed by atoms with Gasteiger partial charge in [0.2, 0.25) is 0 Å². The molecule has 0 aliphatic heterocycles. The first-order valence-corrected chi connectivity index (χ1v) is 6.19. The number of aliphatic hydroxyl groups is 1. The Morgan fingerprint density at radius 1 is 1.21 bits per heavy atom. The van der Waals surface area contributed by atoms with Gasteiger partial charge in [0.05, 0.1) is 5.69 Å². The summed E-state index contributed by atoms with van der Waals surface area (Å²) in [5.74, 6) is 0.461. The van der Waals surface area contributed by atoms with E-state index in [1.807, 2.05) is 32.2 Å². The molecule has 0 saturated carbocycles. The third kappa shape index (κ3) is 2.00. The minimum atomic E-state index is -0.139. The van der Waals surface area contributed by atoms with E-state index in [9.17, 15) is 5.11 Å². The quantitative estimate of drug-likeness (QED) is 0.763. The second kappa shape index (κ2) is 4.48. The number of aliphatic hydroxyl groups excluding tert-OH is 1. The van der Waals surface area contributed by atoms with Gasteiger partial charge in [0.15, 0.2) is 5.82 Å². The summed E-state index contributed by atoms with van der Waals surface area (Å²) in [5, 5.41) is 10.4. The number of aryl methyl sites for hydroxylation is 2. The molecule has 0 spiro atoms. The van der Waals surface area contributed by atoms with Gasteiger partial charge in [-0.2, -0.15) is 0 Å². The second-order valence-corrected chi connectivity index (χ2v) is 4.64. The van der Waals surface area contributed by atoms with E-state index in [1.54, 1.807) is 0 Å². The SMILES string of the molecule is Cc1cc(-c2cn(C)c3ccccc23)nc(CO)n1. The number of hydrogen-bond acceptors (Lipinski definition) is 3. The summed E-state index contributed by atoms with van der Waals surface area (Å²) in [5.41, 5.74) is 3.95. The van der Waals surface area contributed by atoms with Crippen LogP contribution < -0.4 is 0 Å². The van der Waals surface area contributed by atoms with Crippen molar-refractivity contribution in [2.75, 3.05) is 0 Å². The highest BCUT2D eigenvalue weighted by molar-refractivity contribution is 5.95. The van der Waals surface area contributed by atoms with Crippen LogP contribution in [0.1, 0.15) is 11.5 Å². The Labute approximate surface area is 111 Å². The van der Waals surface area contributed by atoms with Gasteiger partial charge in [-0.25, -0.2) is 9.97 Å². The van der Waals surface area contributed by atoms with Gasteiger partial charge in [0.1, 0.15) is 6.61 Å². The minimum Gasteiger partial charge on any atom is -0.388 e. The summed E-state index contributed by atoms with van der Waals surface area (Å²) in [6.07, 6.45) is 2.06. The Hall–Kier alpha value is -2.20. The van der Waals surface area contributed by atoms with Gasteiger partial charge in [0, 0.05) is 35.4 Å². The Morgan fingerprint density at radius 3 is 2.79 bits per heavy atom. The van der Waals surface area contributed by atoms with E-state index in [4.69, 9.17) is 0 Å². The van der Waals surface area contributed by atoms with Crippen molar-refractivity contribution < 1.29 is 5.11 Å². The normalized spacial score (nSPS) is 11.1. The van der Waals surface area contributed by atoms with E-state index < -0.39 is 0 Å². The average molecular weight is 253 g/mol. The average Bonchev–Trinajstić information content (AvgIpc) is 2.76. The molecule has 2 heterocycles. The first kappa shape index (κ1) is 11.9. The lowest BCUT2D eigenvalue weighted by Crippen LogP contribution is -1.98. The van der Waals surface area contributed by atoms with E-state index >= 15 is 0 Å². The number of nitrogens with zero attached hydrogens (tertiary/aromatic N) is 3. The number of para-hydroxylation sites is 1. The molecule has 1 aromatic carbocycles. The fraction of sp³-hybridized carbons (Fsp3) is 0.200. The number of fused-ring (bicyclic) bond motifs is 1. The number of hydrogen-bond donors (Lipinski definition) is 1. The maximum Gasteiger partial charge on any atom is 0.154 e. The van der Waals surface area contributed by atoms with E-state index in [0.29, 0.717) is 5.82 Å². The van der Waals surface area contributed by atoms with Crippen LogP contribution >= 0.6 is 0 Å². The molecule has 0 amide bonds. The Kier molecular flexibility index (Phi) is 2.80. The van der Waals surface area contributed by atoms with Crippen molar-refractivity contribution in [1.82, 2.24) is 14.5 Å². The molecule has 3 rings (SSSR count). The van der Waals surface area contributed by atoms with E-state index in [2.05, 4.69) is 32.9 Å². The van der Waals surface area contributed by atoms with E-state index in [0.717, 1.165) is 22.3 Å². The smallest absolute Gasteiger partial charge is 0.154 e. The molecule has 0 atom stereocenters. The van der Waals surface area contributed by atoms with Crippen LogP contribution in [0.25, 0.3) is 22.2 Å². The largest absolute Gasteiger partial charge is 0.388 e. The van der Waals surface area contributed by atoms with E-state index in [-0.39, 0.29) is 6.61 Å². The molecule has 96 valence electrons. The molecule has 0 aliphatic rings. The standard InChI is InChI=1S/C15H15N3O/c1-10-7-13(17-15(9-19)16-10)12-8-18(2)14-6-4-3-5-11(12)14/h3-8,19H,9H2,1-2H3. The molecule has 4 nitrogen and oxygen atoms in total. The molecule has 0 radical (unpaired) electrons. The summed E-state index contributed by atoms with van der Waals surface area (Å²) < 4.78 is 2.08. The highest BCUT2D eigenvalue weighted by Crippen LogP contribution is 2.29. The number of benzene rings is 1. The second-order valence-electron chi connectivity index (χ2n) is 4.64. The summed E-state index contributed by atoms with van der Waals surface area (Å²) >= 11 is 0. The van der Waals surface area contributed by atoms with Crippen LogP contribution in [-0.4, -0.2) is 19.6 Å². The summed E-state index contributed by atoms with van der Waals surface area (Å²) in [4.78, 5) is 8.61. The van der Waals surface area contributed by atoms with Crippen molar-refractivity contribution in [3.8, 4) is 11.3 Å². The number of rotatable bonds is 2. The van der Waals surface area contributed by atoms with Crippen molar-refractivity contribution in [2.45, 2.75) is 13.5 Å². The van der Waals surface area contributed by atoms with Crippen LogP contribution in [0.15, 0.2) is 36.5 Å².